The first-order valence-electron chi connectivity index (χ1n) is 11.9. The van der Waals surface area contributed by atoms with Crippen molar-refractivity contribution in [2.45, 2.75) is 13.0 Å². The molecule has 2 heterocycles. The Morgan fingerprint density at radius 2 is 1.65 bits per heavy atom. The molecule has 0 aliphatic carbocycles. The highest BCUT2D eigenvalue weighted by atomic mass is 127. The van der Waals surface area contributed by atoms with Gasteiger partial charge in [0, 0.05) is 57.9 Å². The molecule has 2 fully saturated rings. The highest BCUT2D eigenvalue weighted by Gasteiger charge is 2.26. The lowest BCUT2D eigenvalue weighted by molar-refractivity contribution is -0.130. The number of nitrogens with zero attached hydrogens (tertiary/aromatic N) is 4. The molecule has 184 valence electrons. The number of benzene rings is 2. The minimum absolute atomic E-state index is 0. The van der Waals surface area contributed by atoms with Crippen molar-refractivity contribution in [3.8, 4) is 0 Å². The van der Waals surface area contributed by atoms with E-state index in [4.69, 9.17) is 4.74 Å². The van der Waals surface area contributed by atoms with Gasteiger partial charge in [0.2, 0.25) is 5.91 Å². The molecule has 2 aromatic rings. The van der Waals surface area contributed by atoms with Gasteiger partial charge in [0.25, 0.3) is 0 Å². The molecular formula is C26H36IN5O2. The fourth-order valence-corrected chi connectivity index (χ4v) is 4.53. The fraction of sp³-hybridized carbons (Fsp3) is 0.462. The highest BCUT2D eigenvalue weighted by molar-refractivity contribution is 14.0. The molecule has 1 unspecified atom stereocenters. The molecule has 34 heavy (non-hydrogen) atoms. The van der Waals surface area contributed by atoms with E-state index in [9.17, 15) is 4.79 Å². The van der Waals surface area contributed by atoms with Gasteiger partial charge in [0.1, 0.15) is 0 Å². The van der Waals surface area contributed by atoms with E-state index in [1.165, 1.54) is 11.3 Å². The molecule has 2 saturated heterocycles. The maximum absolute atomic E-state index is 12.8. The third kappa shape index (κ3) is 7.33. The molecule has 0 radical (unpaired) electrons. The smallest absolute Gasteiger partial charge is 0.242 e. The fourth-order valence-electron chi connectivity index (χ4n) is 4.53. The number of halogens is 1. The lowest BCUT2D eigenvalue weighted by Crippen LogP contribution is -2.52. The number of rotatable bonds is 7. The molecule has 0 saturated carbocycles. The number of carbonyl (C=O) groups excluding carboxylic acids is 1. The van der Waals surface area contributed by atoms with Crippen LogP contribution in [0.25, 0.3) is 0 Å². The van der Waals surface area contributed by atoms with Gasteiger partial charge in [-0.3, -0.25) is 9.79 Å². The zero-order chi connectivity index (χ0) is 22.9. The minimum atomic E-state index is 0. The Morgan fingerprint density at radius 3 is 2.32 bits per heavy atom. The summed E-state index contributed by atoms with van der Waals surface area (Å²) in [4.78, 5) is 23.7. The average molecular weight is 578 g/mol. The van der Waals surface area contributed by atoms with Crippen LogP contribution in [0, 0.1) is 5.92 Å². The van der Waals surface area contributed by atoms with Gasteiger partial charge in [-0.25, -0.2) is 0 Å². The third-order valence-electron chi connectivity index (χ3n) is 6.41. The lowest BCUT2D eigenvalue weighted by Gasteiger charge is -2.36. The first-order chi connectivity index (χ1) is 16.2. The molecule has 1 atom stereocenters. The number of nitrogens with one attached hydrogen (secondary N) is 1. The molecule has 8 heteroatoms. The third-order valence-corrected chi connectivity index (χ3v) is 6.41. The van der Waals surface area contributed by atoms with Gasteiger partial charge in [0.15, 0.2) is 5.96 Å². The summed E-state index contributed by atoms with van der Waals surface area (Å²) in [6.07, 6.45) is 1.07. The standard InChI is InChI=1S/C26H35N5O2.HI/c1-27-26(31-13-12-23(19-31)21-33-20-22-8-4-2-5-9-22)28-18-25(32)30-16-14-29(15-17-30)24-10-6-3-7-11-24;/h2-11,23H,12-21H2,1H3,(H,27,28);1H. The van der Waals surface area contributed by atoms with Crippen molar-refractivity contribution >= 4 is 41.5 Å². The summed E-state index contributed by atoms with van der Waals surface area (Å²) in [5.74, 6) is 1.41. The monoisotopic (exact) mass is 577 g/mol. The van der Waals surface area contributed by atoms with E-state index in [2.05, 4.69) is 56.5 Å². The number of likely N-dealkylation sites (tertiary alicyclic amines) is 1. The zero-order valence-electron chi connectivity index (χ0n) is 19.9. The second-order valence-corrected chi connectivity index (χ2v) is 8.71. The van der Waals surface area contributed by atoms with Crippen molar-refractivity contribution in [2.75, 3.05) is 64.4 Å². The van der Waals surface area contributed by atoms with E-state index in [1.54, 1.807) is 7.05 Å². The van der Waals surface area contributed by atoms with Crippen LogP contribution in [0.3, 0.4) is 0 Å². The topological polar surface area (TPSA) is 60.4 Å². The Labute approximate surface area is 220 Å². The van der Waals surface area contributed by atoms with E-state index in [0.29, 0.717) is 12.5 Å². The molecule has 1 amide bonds. The maximum atomic E-state index is 12.8. The molecule has 4 rings (SSSR count). The number of amides is 1. The van der Waals surface area contributed by atoms with Crippen molar-refractivity contribution in [1.29, 1.82) is 0 Å². The Kier molecular flexibility index (Phi) is 10.5. The second kappa shape index (κ2) is 13.5. The SMILES string of the molecule is CN=C(NCC(=O)N1CCN(c2ccccc2)CC1)N1CCC(COCc2ccccc2)C1.I. The molecule has 0 bridgehead atoms. The molecule has 0 spiro atoms. The molecule has 0 aromatic heterocycles. The van der Waals surface area contributed by atoms with Crippen LogP contribution in [0.4, 0.5) is 5.69 Å². The highest BCUT2D eigenvalue weighted by Crippen LogP contribution is 2.18. The maximum Gasteiger partial charge on any atom is 0.242 e. The molecule has 2 aromatic carbocycles. The summed E-state index contributed by atoms with van der Waals surface area (Å²) in [5, 5.41) is 3.28. The number of aliphatic imine (C=N–C) groups is 1. The summed E-state index contributed by atoms with van der Waals surface area (Å²) >= 11 is 0. The Balaban J connectivity index is 0.00000324. The van der Waals surface area contributed by atoms with Crippen molar-refractivity contribution in [1.82, 2.24) is 15.1 Å². The predicted octanol–water partition coefficient (Wildman–Crippen LogP) is 3.07. The van der Waals surface area contributed by atoms with Crippen molar-refractivity contribution in [2.24, 2.45) is 10.9 Å². The Bertz CT molecular complexity index is 904. The number of para-hydroxylation sites is 1. The average Bonchev–Trinajstić information content (AvgIpc) is 3.34. The summed E-state index contributed by atoms with van der Waals surface area (Å²) in [5.41, 5.74) is 2.42. The number of anilines is 1. The molecular weight excluding hydrogens is 541 g/mol. The second-order valence-electron chi connectivity index (χ2n) is 8.71. The van der Waals surface area contributed by atoms with E-state index < -0.39 is 0 Å². The summed E-state index contributed by atoms with van der Waals surface area (Å²) in [6.45, 7) is 6.73. The number of hydrogen-bond acceptors (Lipinski definition) is 4. The minimum Gasteiger partial charge on any atom is -0.376 e. The van der Waals surface area contributed by atoms with E-state index in [1.807, 2.05) is 29.2 Å². The van der Waals surface area contributed by atoms with Crippen LogP contribution < -0.4 is 10.2 Å². The molecule has 2 aliphatic heterocycles. The quantitative estimate of drug-likeness (QED) is 0.312. The van der Waals surface area contributed by atoms with Gasteiger partial charge in [0.05, 0.1) is 19.8 Å². The summed E-state index contributed by atoms with van der Waals surface area (Å²) < 4.78 is 5.93. The Morgan fingerprint density at radius 1 is 0.971 bits per heavy atom. The molecule has 1 N–H and O–H groups in total. The van der Waals surface area contributed by atoms with Crippen molar-refractivity contribution in [3.63, 3.8) is 0 Å². The summed E-state index contributed by atoms with van der Waals surface area (Å²) in [7, 11) is 1.78. The number of hydrogen-bond donors (Lipinski definition) is 1. The van der Waals surface area contributed by atoms with E-state index in [0.717, 1.165) is 58.3 Å². The predicted molar refractivity (Wildman–Crippen MR) is 148 cm³/mol. The van der Waals surface area contributed by atoms with Gasteiger partial charge >= 0.3 is 0 Å². The van der Waals surface area contributed by atoms with E-state index in [-0.39, 0.29) is 36.4 Å². The molecule has 2 aliphatic rings. The number of guanidine groups is 1. The largest absolute Gasteiger partial charge is 0.376 e. The summed E-state index contributed by atoms with van der Waals surface area (Å²) in [6, 6.07) is 20.7. The van der Waals surface area contributed by atoms with Crippen LogP contribution in [-0.4, -0.2) is 81.1 Å². The van der Waals surface area contributed by atoms with Crippen LogP contribution >= 0.6 is 24.0 Å². The van der Waals surface area contributed by atoms with Crippen LogP contribution in [0.15, 0.2) is 65.7 Å². The first kappa shape index (κ1) is 26.3. The van der Waals surface area contributed by atoms with Crippen LogP contribution in [-0.2, 0) is 16.1 Å². The normalized spacial score (nSPS) is 18.6. The van der Waals surface area contributed by atoms with Gasteiger partial charge in [-0.15, -0.1) is 24.0 Å². The van der Waals surface area contributed by atoms with Crippen LogP contribution in [0.5, 0.6) is 0 Å². The first-order valence-corrected chi connectivity index (χ1v) is 11.9. The van der Waals surface area contributed by atoms with Gasteiger partial charge in [-0.2, -0.15) is 0 Å². The van der Waals surface area contributed by atoms with Crippen LogP contribution in [0.1, 0.15) is 12.0 Å². The van der Waals surface area contributed by atoms with Gasteiger partial charge in [-0.1, -0.05) is 48.5 Å². The number of piperazine rings is 1. The Hall–Kier alpha value is -2.33. The van der Waals surface area contributed by atoms with Gasteiger partial charge < -0.3 is 24.8 Å². The van der Waals surface area contributed by atoms with Gasteiger partial charge in [-0.05, 0) is 24.1 Å². The number of ether oxygens (including phenoxy) is 1. The van der Waals surface area contributed by atoms with Crippen molar-refractivity contribution in [3.05, 3.63) is 66.2 Å². The van der Waals surface area contributed by atoms with E-state index >= 15 is 0 Å². The zero-order valence-corrected chi connectivity index (χ0v) is 22.3. The van der Waals surface area contributed by atoms with Crippen molar-refractivity contribution < 1.29 is 9.53 Å². The van der Waals surface area contributed by atoms with Crippen LogP contribution in [0.2, 0.25) is 0 Å². The number of carbonyl (C=O) groups is 1. The molecule has 7 nitrogen and oxygen atoms in total. The lowest BCUT2D eigenvalue weighted by atomic mass is 10.1.